The summed E-state index contributed by atoms with van der Waals surface area (Å²) in [5.41, 5.74) is 0.976. The SMILES string of the molecule is CCS(=O)(=O)NC(C)c1ccccc1. The summed E-state index contributed by atoms with van der Waals surface area (Å²) in [7, 11) is -3.12. The van der Waals surface area contributed by atoms with E-state index in [1.54, 1.807) is 6.92 Å². The highest BCUT2D eigenvalue weighted by atomic mass is 32.2. The molecule has 1 rings (SSSR count). The summed E-state index contributed by atoms with van der Waals surface area (Å²) in [5, 5.41) is 0. The summed E-state index contributed by atoms with van der Waals surface area (Å²) >= 11 is 0. The molecule has 1 N–H and O–H groups in total. The Morgan fingerprint density at radius 1 is 1.29 bits per heavy atom. The van der Waals surface area contributed by atoms with Crippen LogP contribution in [0.1, 0.15) is 25.5 Å². The van der Waals surface area contributed by atoms with Crippen LogP contribution in [-0.4, -0.2) is 14.2 Å². The van der Waals surface area contributed by atoms with Crippen LogP contribution in [-0.2, 0) is 10.0 Å². The zero-order chi connectivity index (χ0) is 10.6. The van der Waals surface area contributed by atoms with E-state index in [2.05, 4.69) is 4.72 Å². The Morgan fingerprint density at radius 2 is 1.86 bits per heavy atom. The van der Waals surface area contributed by atoms with Gasteiger partial charge in [0.2, 0.25) is 10.0 Å². The van der Waals surface area contributed by atoms with Crippen LogP contribution in [0.25, 0.3) is 0 Å². The third kappa shape index (κ3) is 3.12. The molecule has 0 spiro atoms. The Hall–Kier alpha value is -0.870. The Kier molecular flexibility index (Phi) is 3.66. The molecule has 78 valence electrons. The van der Waals surface area contributed by atoms with Gasteiger partial charge >= 0.3 is 0 Å². The highest BCUT2D eigenvalue weighted by Gasteiger charge is 2.12. The van der Waals surface area contributed by atoms with Crippen molar-refractivity contribution in [1.82, 2.24) is 4.72 Å². The molecule has 1 aromatic carbocycles. The number of benzene rings is 1. The highest BCUT2D eigenvalue weighted by molar-refractivity contribution is 7.89. The van der Waals surface area contributed by atoms with Crippen molar-refractivity contribution < 1.29 is 8.42 Å². The van der Waals surface area contributed by atoms with Crippen molar-refractivity contribution in [2.45, 2.75) is 19.9 Å². The molecule has 1 unspecified atom stereocenters. The van der Waals surface area contributed by atoms with E-state index in [1.807, 2.05) is 37.3 Å². The first-order valence-corrected chi connectivity index (χ1v) is 6.25. The first-order chi connectivity index (χ1) is 6.55. The molecule has 3 nitrogen and oxygen atoms in total. The Labute approximate surface area is 85.2 Å². The van der Waals surface area contributed by atoms with Gasteiger partial charge in [-0.1, -0.05) is 30.3 Å². The van der Waals surface area contributed by atoms with Crippen LogP contribution in [0.5, 0.6) is 0 Å². The minimum Gasteiger partial charge on any atom is -0.212 e. The average Bonchev–Trinajstić information content (AvgIpc) is 2.19. The van der Waals surface area contributed by atoms with Crippen molar-refractivity contribution in [2.24, 2.45) is 0 Å². The first-order valence-electron chi connectivity index (χ1n) is 4.60. The molecule has 0 radical (unpaired) electrons. The van der Waals surface area contributed by atoms with Crippen LogP contribution in [0.3, 0.4) is 0 Å². The van der Waals surface area contributed by atoms with Crippen LogP contribution in [0.4, 0.5) is 0 Å². The van der Waals surface area contributed by atoms with Gasteiger partial charge in [0.25, 0.3) is 0 Å². The molecule has 0 heterocycles. The van der Waals surface area contributed by atoms with Crippen LogP contribution in [0.2, 0.25) is 0 Å². The number of hydrogen-bond donors (Lipinski definition) is 1. The largest absolute Gasteiger partial charge is 0.212 e. The van der Waals surface area contributed by atoms with E-state index >= 15 is 0 Å². The van der Waals surface area contributed by atoms with Gasteiger partial charge in [-0.2, -0.15) is 0 Å². The van der Waals surface area contributed by atoms with Gasteiger partial charge in [-0.15, -0.1) is 0 Å². The number of hydrogen-bond acceptors (Lipinski definition) is 2. The van der Waals surface area contributed by atoms with Crippen LogP contribution < -0.4 is 4.72 Å². The minimum atomic E-state index is -3.12. The van der Waals surface area contributed by atoms with E-state index in [0.717, 1.165) is 5.56 Å². The van der Waals surface area contributed by atoms with Gasteiger partial charge in [-0.3, -0.25) is 0 Å². The maximum Gasteiger partial charge on any atom is 0.211 e. The van der Waals surface area contributed by atoms with Gasteiger partial charge in [0.05, 0.1) is 5.75 Å². The smallest absolute Gasteiger partial charge is 0.211 e. The number of nitrogens with one attached hydrogen (secondary N) is 1. The van der Waals surface area contributed by atoms with E-state index in [4.69, 9.17) is 0 Å². The van der Waals surface area contributed by atoms with Crippen LogP contribution >= 0.6 is 0 Å². The molecule has 0 bridgehead atoms. The van der Waals surface area contributed by atoms with Crippen LogP contribution in [0, 0.1) is 0 Å². The molecule has 0 aliphatic rings. The lowest BCUT2D eigenvalue weighted by Crippen LogP contribution is -2.28. The fraction of sp³-hybridized carbons (Fsp3) is 0.400. The lowest BCUT2D eigenvalue weighted by atomic mass is 10.1. The zero-order valence-electron chi connectivity index (χ0n) is 8.40. The maximum atomic E-state index is 11.3. The van der Waals surface area contributed by atoms with E-state index in [1.165, 1.54) is 0 Å². The lowest BCUT2D eigenvalue weighted by Gasteiger charge is -2.13. The quantitative estimate of drug-likeness (QED) is 0.827. The molecule has 0 aliphatic heterocycles. The molecular formula is C10H15NO2S. The summed E-state index contributed by atoms with van der Waals surface area (Å²) in [5.74, 6) is 0.115. The molecule has 14 heavy (non-hydrogen) atoms. The Balaban J connectivity index is 2.74. The molecule has 1 aromatic rings. The van der Waals surface area contributed by atoms with Gasteiger partial charge in [0.15, 0.2) is 0 Å². The van der Waals surface area contributed by atoms with E-state index in [-0.39, 0.29) is 11.8 Å². The summed E-state index contributed by atoms with van der Waals surface area (Å²) in [6, 6.07) is 9.34. The molecule has 4 heteroatoms. The van der Waals surface area contributed by atoms with E-state index < -0.39 is 10.0 Å². The normalized spacial score (nSPS) is 13.9. The van der Waals surface area contributed by atoms with E-state index in [0.29, 0.717) is 0 Å². The fourth-order valence-electron chi connectivity index (χ4n) is 1.16. The van der Waals surface area contributed by atoms with Crippen molar-refractivity contribution in [2.75, 3.05) is 5.75 Å². The van der Waals surface area contributed by atoms with Crippen LogP contribution in [0.15, 0.2) is 30.3 Å². The topological polar surface area (TPSA) is 46.2 Å². The van der Waals surface area contributed by atoms with Gasteiger partial charge < -0.3 is 0 Å². The molecule has 0 amide bonds. The van der Waals surface area contributed by atoms with Crippen molar-refractivity contribution >= 4 is 10.0 Å². The molecule has 1 atom stereocenters. The number of sulfonamides is 1. The summed E-state index contributed by atoms with van der Waals surface area (Å²) in [4.78, 5) is 0. The van der Waals surface area contributed by atoms with Gasteiger partial charge in [0.1, 0.15) is 0 Å². The van der Waals surface area contributed by atoms with Gasteiger partial charge in [-0.05, 0) is 19.4 Å². The van der Waals surface area contributed by atoms with Crippen molar-refractivity contribution in [3.63, 3.8) is 0 Å². The minimum absolute atomic E-state index is 0.115. The van der Waals surface area contributed by atoms with Gasteiger partial charge in [-0.25, -0.2) is 13.1 Å². The van der Waals surface area contributed by atoms with Crippen molar-refractivity contribution in [1.29, 1.82) is 0 Å². The first kappa shape index (κ1) is 11.2. The number of rotatable bonds is 4. The lowest BCUT2D eigenvalue weighted by molar-refractivity contribution is 0.568. The predicted octanol–water partition coefficient (Wildman–Crippen LogP) is 1.69. The predicted molar refractivity (Wildman–Crippen MR) is 57.5 cm³/mol. The molecule has 0 saturated carbocycles. The van der Waals surface area contributed by atoms with Crippen molar-refractivity contribution in [3.8, 4) is 0 Å². The van der Waals surface area contributed by atoms with Gasteiger partial charge in [0, 0.05) is 6.04 Å². The third-order valence-corrected chi connectivity index (χ3v) is 3.51. The Bertz CT molecular complexity index is 372. The summed E-state index contributed by atoms with van der Waals surface area (Å²) in [6.07, 6.45) is 0. The Morgan fingerprint density at radius 3 is 2.36 bits per heavy atom. The zero-order valence-corrected chi connectivity index (χ0v) is 9.21. The second-order valence-corrected chi connectivity index (χ2v) is 5.20. The fourth-order valence-corrected chi connectivity index (χ4v) is 2.00. The molecular weight excluding hydrogens is 198 g/mol. The third-order valence-electron chi connectivity index (χ3n) is 2.04. The second-order valence-electron chi connectivity index (χ2n) is 3.15. The second kappa shape index (κ2) is 4.57. The van der Waals surface area contributed by atoms with E-state index in [9.17, 15) is 8.42 Å². The molecule has 0 saturated heterocycles. The standard InChI is InChI=1S/C10H15NO2S/c1-3-14(12,13)11-9(2)10-7-5-4-6-8-10/h4-9,11H,3H2,1-2H3. The molecule has 0 aliphatic carbocycles. The van der Waals surface area contributed by atoms with Crippen molar-refractivity contribution in [3.05, 3.63) is 35.9 Å². The monoisotopic (exact) mass is 213 g/mol. The maximum absolute atomic E-state index is 11.3. The molecule has 0 fully saturated rings. The highest BCUT2D eigenvalue weighted by Crippen LogP contribution is 2.12. The average molecular weight is 213 g/mol. The summed E-state index contributed by atoms with van der Waals surface area (Å²) < 4.78 is 25.1. The molecule has 0 aromatic heterocycles. The summed E-state index contributed by atoms with van der Waals surface area (Å²) in [6.45, 7) is 3.46.